The van der Waals surface area contributed by atoms with Gasteiger partial charge in [0.15, 0.2) is 0 Å². The van der Waals surface area contributed by atoms with Crippen LogP contribution in [0.4, 0.5) is 5.82 Å². The molecule has 2 N–H and O–H groups in total. The van der Waals surface area contributed by atoms with Crippen LogP contribution in [-0.2, 0) is 4.79 Å². The van der Waals surface area contributed by atoms with Gasteiger partial charge in [-0.15, -0.1) is 11.8 Å². The normalized spacial score (nSPS) is 16.7. The minimum atomic E-state index is -0.0738. The van der Waals surface area contributed by atoms with Crippen molar-refractivity contribution >= 4 is 23.5 Å². The number of anilines is 1. The summed E-state index contributed by atoms with van der Waals surface area (Å²) in [4.78, 5) is 12.3. The highest BCUT2D eigenvalue weighted by Gasteiger charge is 2.30. The first-order valence-electron chi connectivity index (χ1n) is 8.40. The summed E-state index contributed by atoms with van der Waals surface area (Å²) in [6.45, 7) is 3.99. The number of benzene rings is 2. The second-order valence-electron chi connectivity index (χ2n) is 6.43. The zero-order valence-corrected chi connectivity index (χ0v) is 15.4. The molecule has 1 unspecified atom stereocenters. The first-order valence-corrected chi connectivity index (χ1v) is 9.45. The topological polar surface area (TPSA) is 67.2 Å². The minimum absolute atomic E-state index is 0.0489. The average Bonchev–Trinajstić information content (AvgIpc) is 2.82. The van der Waals surface area contributed by atoms with E-state index in [0.29, 0.717) is 11.6 Å². The van der Waals surface area contributed by atoms with Crippen molar-refractivity contribution in [1.29, 1.82) is 0 Å². The zero-order chi connectivity index (χ0) is 18.3. The number of hydrogen-bond acceptors (Lipinski definition) is 4. The molecule has 2 aromatic carbocycles. The molecule has 5 nitrogen and oxygen atoms in total. The Kier molecular flexibility index (Phi) is 4.20. The van der Waals surface area contributed by atoms with E-state index in [1.807, 2.05) is 50.2 Å². The van der Waals surface area contributed by atoms with Gasteiger partial charge in [-0.1, -0.05) is 29.8 Å². The summed E-state index contributed by atoms with van der Waals surface area (Å²) in [5, 5.41) is 17.5. The number of phenolic OH excluding ortho intramolecular Hbond substituents is 1. The maximum atomic E-state index is 12.3. The molecule has 4 rings (SSSR count). The van der Waals surface area contributed by atoms with Crippen LogP contribution in [0, 0.1) is 13.8 Å². The Bertz CT molecular complexity index is 979. The summed E-state index contributed by atoms with van der Waals surface area (Å²) in [7, 11) is 0. The maximum absolute atomic E-state index is 12.3. The molecule has 0 radical (unpaired) electrons. The summed E-state index contributed by atoms with van der Waals surface area (Å²) in [5.41, 5.74) is 4.87. The quantitative estimate of drug-likeness (QED) is 0.721. The summed E-state index contributed by atoms with van der Waals surface area (Å²) < 4.78 is 1.80. The van der Waals surface area contributed by atoms with E-state index in [4.69, 9.17) is 5.10 Å². The largest absolute Gasteiger partial charge is 0.508 e. The number of carbonyl (C=O) groups excluding carboxylic acids is 1. The van der Waals surface area contributed by atoms with Gasteiger partial charge >= 0.3 is 0 Å². The second kappa shape index (κ2) is 6.53. The number of amides is 1. The molecule has 0 saturated carbocycles. The molecule has 0 spiro atoms. The van der Waals surface area contributed by atoms with Gasteiger partial charge in [0.25, 0.3) is 0 Å². The number of rotatable bonds is 2. The molecule has 1 atom stereocenters. The lowest BCUT2D eigenvalue weighted by molar-refractivity contribution is -0.113. The van der Waals surface area contributed by atoms with E-state index in [9.17, 15) is 9.90 Å². The first kappa shape index (κ1) is 16.7. The SMILES string of the molecule is Cc1ccc(-n2nc(C)c3c2NC(=O)CSC3c2cccc(O)c2)cc1. The van der Waals surface area contributed by atoms with Crippen LogP contribution in [0.1, 0.15) is 27.6 Å². The van der Waals surface area contributed by atoms with Gasteiger partial charge in [-0.05, 0) is 43.7 Å². The van der Waals surface area contributed by atoms with Gasteiger partial charge in [0.2, 0.25) is 5.91 Å². The highest BCUT2D eigenvalue weighted by molar-refractivity contribution is 8.00. The van der Waals surface area contributed by atoms with Gasteiger partial charge in [-0.3, -0.25) is 4.79 Å². The van der Waals surface area contributed by atoms with E-state index >= 15 is 0 Å². The van der Waals surface area contributed by atoms with Crippen molar-refractivity contribution in [3.8, 4) is 11.4 Å². The van der Waals surface area contributed by atoms with Crippen molar-refractivity contribution < 1.29 is 9.90 Å². The van der Waals surface area contributed by atoms with E-state index in [1.54, 1.807) is 28.6 Å². The number of nitrogens with one attached hydrogen (secondary N) is 1. The Hall–Kier alpha value is -2.73. The molecule has 1 amide bonds. The standard InChI is InChI=1S/C20H19N3O2S/c1-12-6-8-15(9-7-12)23-20-18(13(2)22-23)19(26-11-17(25)21-20)14-4-3-5-16(24)10-14/h3-10,19,24H,11H2,1-2H3,(H,21,25). The van der Waals surface area contributed by atoms with E-state index in [2.05, 4.69) is 5.32 Å². The van der Waals surface area contributed by atoms with Gasteiger partial charge in [0.1, 0.15) is 11.6 Å². The van der Waals surface area contributed by atoms with Crippen LogP contribution in [-0.4, -0.2) is 26.5 Å². The van der Waals surface area contributed by atoms with Crippen LogP contribution >= 0.6 is 11.8 Å². The fraction of sp³-hybridized carbons (Fsp3) is 0.200. The van der Waals surface area contributed by atoms with Crippen molar-refractivity contribution in [1.82, 2.24) is 9.78 Å². The molecule has 26 heavy (non-hydrogen) atoms. The highest BCUT2D eigenvalue weighted by Crippen LogP contribution is 2.44. The van der Waals surface area contributed by atoms with Crippen molar-refractivity contribution in [2.75, 3.05) is 11.1 Å². The van der Waals surface area contributed by atoms with Gasteiger partial charge in [0.05, 0.1) is 22.4 Å². The minimum Gasteiger partial charge on any atom is -0.508 e. The Morgan fingerprint density at radius 2 is 1.96 bits per heavy atom. The van der Waals surface area contributed by atoms with Crippen LogP contribution in [0.3, 0.4) is 0 Å². The Morgan fingerprint density at radius 3 is 2.69 bits per heavy atom. The Morgan fingerprint density at radius 1 is 1.19 bits per heavy atom. The van der Waals surface area contributed by atoms with Crippen molar-refractivity contribution in [3.05, 3.63) is 70.9 Å². The third-order valence-electron chi connectivity index (χ3n) is 4.46. The van der Waals surface area contributed by atoms with Crippen molar-refractivity contribution in [2.24, 2.45) is 0 Å². The van der Waals surface area contributed by atoms with Crippen molar-refractivity contribution in [3.63, 3.8) is 0 Å². The molecule has 0 fully saturated rings. The Balaban J connectivity index is 1.89. The molecule has 1 aromatic heterocycles. The molecule has 1 aliphatic rings. The monoisotopic (exact) mass is 365 g/mol. The van der Waals surface area contributed by atoms with Gasteiger partial charge < -0.3 is 10.4 Å². The van der Waals surface area contributed by atoms with E-state index < -0.39 is 0 Å². The van der Waals surface area contributed by atoms with Gasteiger partial charge in [0, 0.05) is 5.56 Å². The summed E-state index contributed by atoms with van der Waals surface area (Å²) in [5.74, 6) is 1.22. The summed E-state index contributed by atoms with van der Waals surface area (Å²) >= 11 is 1.55. The zero-order valence-electron chi connectivity index (χ0n) is 14.6. The molecule has 0 bridgehead atoms. The fourth-order valence-electron chi connectivity index (χ4n) is 3.21. The highest BCUT2D eigenvalue weighted by atomic mass is 32.2. The average molecular weight is 365 g/mol. The summed E-state index contributed by atoms with van der Waals surface area (Å²) in [6, 6.07) is 15.2. The fourth-order valence-corrected chi connectivity index (χ4v) is 4.39. The van der Waals surface area contributed by atoms with E-state index in [1.165, 1.54) is 5.56 Å². The van der Waals surface area contributed by atoms with Gasteiger partial charge in [-0.25, -0.2) is 4.68 Å². The molecule has 132 valence electrons. The van der Waals surface area contributed by atoms with E-state index in [-0.39, 0.29) is 16.9 Å². The third kappa shape index (κ3) is 2.97. The molecule has 6 heteroatoms. The van der Waals surface area contributed by atoms with Crippen LogP contribution in [0.2, 0.25) is 0 Å². The van der Waals surface area contributed by atoms with E-state index in [0.717, 1.165) is 22.5 Å². The molecule has 1 aliphatic heterocycles. The second-order valence-corrected chi connectivity index (χ2v) is 7.52. The number of hydrogen-bond donors (Lipinski definition) is 2. The summed E-state index contributed by atoms with van der Waals surface area (Å²) in [6.07, 6.45) is 0. The van der Waals surface area contributed by atoms with Gasteiger partial charge in [-0.2, -0.15) is 5.10 Å². The number of fused-ring (bicyclic) bond motifs is 1. The number of aryl methyl sites for hydroxylation is 2. The number of thioether (sulfide) groups is 1. The molecule has 2 heterocycles. The predicted octanol–water partition coefficient (Wildman–Crippen LogP) is 3.97. The smallest absolute Gasteiger partial charge is 0.235 e. The Labute approximate surface area is 156 Å². The molecular weight excluding hydrogens is 346 g/mol. The van der Waals surface area contributed by atoms with Crippen LogP contribution in [0.15, 0.2) is 48.5 Å². The number of carbonyl (C=O) groups is 1. The van der Waals surface area contributed by atoms with Crippen molar-refractivity contribution in [2.45, 2.75) is 19.1 Å². The maximum Gasteiger partial charge on any atom is 0.235 e. The molecular formula is C20H19N3O2S. The predicted molar refractivity (Wildman–Crippen MR) is 104 cm³/mol. The molecule has 0 aliphatic carbocycles. The lowest BCUT2D eigenvalue weighted by Crippen LogP contribution is -2.15. The third-order valence-corrected chi connectivity index (χ3v) is 5.73. The van der Waals surface area contributed by atoms with Crippen LogP contribution in [0.5, 0.6) is 5.75 Å². The number of aromatic hydroxyl groups is 1. The lowest BCUT2D eigenvalue weighted by atomic mass is 10.0. The number of nitrogens with zero attached hydrogens (tertiary/aromatic N) is 2. The first-order chi connectivity index (χ1) is 12.5. The molecule has 0 saturated heterocycles. The number of phenols is 1. The molecule has 3 aromatic rings. The van der Waals surface area contributed by atoms with Crippen LogP contribution in [0.25, 0.3) is 5.69 Å². The van der Waals surface area contributed by atoms with Crippen LogP contribution < -0.4 is 5.32 Å². The lowest BCUT2D eigenvalue weighted by Gasteiger charge is -2.15. The number of aromatic nitrogens is 2.